The van der Waals surface area contributed by atoms with Gasteiger partial charge >= 0.3 is 6.09 Å². The second-order valence-corrected chi connectivity index (χ2v) is 5.77. The van der Waals surface area contributed by atoms with Gasteiger partial charge in [-0.25, -0.2) is 14.8 Å². The summed E-state index contributed by atoms with van der Waals surface area (Å²) in [6, 6.07) is 1.80. The minimum atomic E-state index is -0.889. The van der Waals surface area contributed by atoms with E-state index in [1.165, 1.54) is 4.90 Å². The van der Waals surface area contributed by atoms with Gasteiger partial charge in [-0.05, 0) is 13.0 Å². The molecule has 22 heavy (non-hydrogen) atoms. The third kappa shape index (κ3) is 2.94. The predicted molar refractivity (Wildman–Crippen MR) is 83.0 cm³/mol. The summed E-state index contributed by atoms with van der Waals surface area (Å²) in [5.41, 5.74) is 0.766. The number of halogens is 1. The van der Waals surface area contributed by atoms with Crippen molar-refractivity contribution < 1.29 is 14.6 Å². The summed E-state index contributed by atoms with van der Waals surface area (Å²) in [6.45, 7) is 4.65. The number of amides is 1. The number of carboxylic acid groups (broad SMARTS) is 1. The lowest BCUT2D eigenvalue weighted by Gasteiger charge is -2.34. The van der Waals surface area contributed by atoms with Crippen molar-refractivity contribution in [2.75, 3.05) is 37.6 Å². The summed E-state index contributed by atoms with van der Waals surface area (Å²) in [6.07, 6.45) is 0.888. The van der Waals surface area contributed by atoms with E-state index in [1.54, 1.807) is 12.3 Å². The van der Waals surface area contributed by atoms with Crippen molar-refractivity contribution >= 4 is 29.4 Å². The molecule has 8 heteroatoms. The fourth-order valence-corrected chi connectivity index (χ4v) is 2.81. The fourth-order valence-electron chi connectivity index (χ4n) is 2.53. The summed E-state index contributed by atoms with van der Waals surface area (Å²) in [5, 5.41) is 9.49. The van der Waals surface area contributed by atoms with Crippen molar-refractivity contribution in [1.82, 2.24) is 9.88 Å². The highest BCUT2D eigenvalue weighted by Crippen LogP contribution is 2.26. The Balaban J connectivity index is 1.72. The zero-order valence-electron chi connectivity index (χ0n) is 12.2. The first-order chi connectivity index (χ1) is 10.5. The van der Waals surface area contributed by atoms with Crippen LogP contribution in [0.5, 0.6) is 0 Å². The molecule has 0 saturated carbocycles. The highest BCUT2D eigenvalue weighted by molar-refractivity contribution is 6.33. The normalized spacial score (nSPS) is 21.5. The van der Waals surface area contributed by atoms with Crippen LogP contribution < -0.4 is 4.90 Å². The highest BCUT2D eigenvalue weighted by Gasteiger charge is 2.24. The molecule has 2 aliphatic heterocycles. The van der Waals surface area contributed by atoms with Crippen LogP contribution in [0.3, 0.4) is 0 Å². The molecule has 1 N–H and O–H groups in total. The van der Waals surface area contributed by atoms with E-state index in [0.29, 0.717) is 49.5 Å². The molecule has 1 atom stereocenters. The van der Waals surface area contributed by atoms with Gasteiger partial charge in [0.2, 0.25) is 5.90 Å². The molecule has 0 bridgehead atoms. The molecule has 2 aliphatic rings. The van der Waals surface area contributed by atoms with E-state index in [4.69, 9.17) is 21.4 Å². The zero-order valence-corrected chi connectivity index (χ0v) is 13.0. The molecule has 0 radical (unpaired) electrons. The van der Waals surface area contributed by atoms with Crippen LogP contribution in [0.2, 0.25) is 5.02 Å². The number of hydrogen-bond acceptors (Lipinski definition) is 5. The fraction of sp³-hybridized carbons (Fsp3) is 0.500. The number of aliphatic imine (C=N–C) groups is 1. The molecule has 1 aromatic heterocycles. The van der Waals surface area contributed by atoms with Gasteiger partial charge in [-0.2, -0.15) is 0 Å². The van der Waals surface area contributed by atoms with Crippen molar-refractivity contribution in [3.05, 3.63) is 22.8 Å². The molecule has 0 spiro atoms. The van der Waals surface area contributed by atoms with Crippen LogP contribution >= 0.6 is 11.6 Å². The maximum atomic E-state index is 10.9. The van der Waals surface area contributed by atoms with Crippen LogP contribution in [-0.4, -0.2) is 65.8 Å². The average molecular weight is 325 g/mol. The van der Waals surface area contributed by atoms with E-state index in [9.17, 15) is 4.79 Å². The largest absolute Gasteiger partial charge is 0.472 e. The monoisotopic (exact) mass is 324 g/mol. The van der Waals surface area contributed by atoms with Gasteiger partial charge in [0.15, 0.2) is 0 Å². The number of ether oxygens (including phenoxy) is 1. The molecule has 7 nitrogen and oxygen atoms in total. The lowest BCUT2D eigenvalue weighted by atomic mass is 10.2. The molecule has 0 aromatic carbocycles. The molecule has 1 saturated heterocycles. The first-order valence-corrected chi connectivity index (χ1v) is 7.52. The zero-order chi connectivity index (χ0) is 15.7. The predicted octanol–water partition coefficient (Wildman–Crippen LogP) is 1.70. The number of piperazine rings is 1. The molecule has 3 rings (SSSR count). The number of aromatic nitrogens is 1. The molecule has 3 heterocycles. The van der Waals surface area contributed by atoms with E-state index in [2.05, 4.69) is 9.98 Å². The van der Waals surface area contributed by atoms with Gasteiger partial charge in [0.1, 0.15) is 11.9 Å². The summed E-state index contributed by atoms with van der Waals surface area (Å²) in [4.78, 5) is 23.0. The number of rotatable bonds is 2. The summed E-state index contributed by atoms with van der Waals surface area (Å²) in [7, 11) is 0. The maximum absolute atomic E-state index is 10.9. The van der Waals surface area contributed by atoms with Crippen LogP contribution in [0.15, 0.2) is 17.3 Å². The van der Waals surface area contributed by atoms with Crippen LogP contribution in [0, 0.1) is 0 Å². The topological polar surface area (TPSA) is 78.3 Å². The Morgan fingerprint density at radius 3 is 2.68 bits per heavy atom. The standard InChI is InChI=1S/C14H17ClN4O3/c1-9-7-17-13(22-9)10-6-11(15)12(16-8-10)18-2-4-19(5-3-18)14(20)21/h6,8-9H,2-5,7H2,1H3,(H,20,21). The van der Waals surface area contributed by atoms with Crippen LogP contribution in [0.25, 0.3) is 0 Å². The lowest BCUT2D eigenvalue weighted by Crippen LogP contribution is -2.48. The Labute approximate surface area is 133 Å². The summed E-state index contributed by atoms with van der Waals surface area (Å²) >= 11 is 6.33. The van der Waals surface area contributed by atoms with Crippen molar-refractivity contribution in [3.8, 4) is 0 Å². The first kappa shape index (κ1) is 14.9. The molecule has 0 aliphatic carbocycles. The van der Waals surface area contributed by atoms with E-state index < -0.39 is 6.09 Å². The minimum Gasteiger partial charge on any atom is -0.472 e. The SMILES string of the molecule is CC1CN=C(c2cnc(N3CCN(C(=O)O)CC3)c(Cl)c2)O1. The smallest absolute Gasteiger partial charge is 0.407 e. The molecule has 118 valence electrons. The second kappa shape index (κ2) is 6.00. The van der Waals surface area contributed by atoms with Crippen LogP contribution in [-0.2, 0) is 4.74 Å². The Bertz CT molecular complexity index is 614. The quantitative estimate of drug-likeness (QED) is 0.896. The van der Waals surface area contributed by atoms with Crippen molar-refractivity contribution in [1.29, 1.82) is 0 Å². The highest BCUT2D eigenvalue weighted by atomic mass is 35.5. The Morgan fingerprint density at radius 2 is 2.14 bits per heavy atom. The number of nitrogens with zero attached hydrogens (tertiary/aromatic N) is 4. The average Bonchev–Trinajstić information content (AvgIpc) is 2.94. The van der Waals surface area contributed by atoms with E-state index in [0.717, 1.165) is 5.56 Å². The van der Waals surface area contributed by atoms with Gasteiger partial charge < -0.3 is 19.6 Å². The van der Waals surface area contributed by atoms with E-state index in [-0.39, 0.29) is 6.10 Å². The molecule has 1 aromatic rings. The number of pyridine rings is 1. The van der Waals surface area contributed by atoms with Gasteiger partial charge in [-0.15, -0.1) is 0 Å². The molecule has 1 amide bonds. The van der Waals surface area contributed by atoms with Gasteiger partial charge in [-0.3, -0.25) is 0 Å². The van der Waals surface area contributed by atoms with Gasteiger partial charge in [0.05, 0.1) is 17.1 Å². The molecular weight excluding hydrogens is 308 g/mol. The number of carbonyl (C=O) groups is 1. The molecule has 1 fully saturated rings. The third-order valence-corrected chi connectivity index (χ3v) is 4.00. The van der Waals surface area contributed by atoms with Crippen molar-refractivity contribution in [2.24, 2.45) is 4.99 Å². The Kier molecular flexibility index (Phi) is 4.06. The van der Waals surface area contributed by atoms with Gasteiger partial charge in [0.25, 0.3) is 0 Å². The number of anilines is 1. The van der Waals surface area contributed by atoms with E-state index >= 15 is 0 Å². The number of hydrogen-bond donors (Lipinski definition) is 1. The molecule has 1 unspecified atom stereocenters. The van der Waals surface area contributed by atoms with Crippen LogP contribution in [0.4, 0.5) is 10.6 Å². The van der Waals surface area contributed by atoms with Gasteiger partial charge in [-0.1, -0.05) is 11.6 Å². The van der Waals surface area contributed by atoms with E-state index in [1.807, 2.05) is 11.8 Å². The Hall–Kier alpha value is -2.02. The maximum Gasteiger partial charge on any atom is 0.407 e. The minimum absolute atomic E-state index is 0.0811. The summed E-state index contributed by atoms with van der Waals surface area (Å²) in [5.74, 6) is 1.24. The van der Waals surface area contributed by atoms with Gasteiger partial charge in [0, 0.05) is 32.4 Å². The third-order valence-electron chi connectivity index (χ3n) is 3.72. The lowest BCUT2D eigenvalue weighted by molar-refractivity contribution is 0.142. The Morgan fingerprint density at radius 1 is 1.41 bits per heavy atom. The molecular formula is C14H17ClN4O3. The summed E-state index contributed by atoms with van der Waals surface area (Å²) < 4.78 is 5.59. The van der Waals surface area contributed by atoms with Crippen molar-refractivity contribution in [2.45, 2.75) is 13.0 Å². The van der Waals surface area contributed by atoms with Crippen LogP contribution in [0.1, 0.15) is 12.5 Å². The second-order valence-electron chi connectivity index (χ2n) is 5.36. The first-order valence-electron chi connectivity index (χ1n) is 7.14. The van der Waals surface area contributed by atoms with Crippen molar-refractivity contribution in [3.63, 3.8) is 0 Å².